The highest BCUT2D eigenvalue weighted by Gasteiger charge is 2.11. The van der Waals surface area contributed by atoms with Gasteiger partial charge >= 0.3 is 0 Å². The Hall–Kier alpha value is -0.880. The van der Waals surface area contributed by atoms with Crippen LogP contribution in [0.1, 0.15) is 17.4 Å². The molecule has 0 saturated heterocycles. The predicted molar refractivity (Wildman–Crippen MR) is 73.3 cm³/mol. The molecular weight excluding hydrogens is 313 g/mol. The Balaban J connectivity index is 2.10. The summed E-state index contributed by atoms with van der Waals surface area (Å²) in [5.41, 5.74) is 1.32. The van der Waals surface area contributed by atoms with Crippen LogP contribution in [-0.2, 0) is 6.42 Å². The van der Waals surface area contributed by atoms with E-state index in [4.69, 9.17) is 0 Å². The first-order chi connectivity index (χ1) is 7.79. The molecule has 0 radical (unpaired) electrons. The molecule has 2 aromatic rings. The summed E-state index contributed by atoms with van der Waals surface area (Å²) < 4.78 is 1.26. The monoisotopic (exact) mass is 327 g/mol. The minimum atomic E-state index is 0.245. The zero-order valence-corrected chi connectivity index (χ0v) is 11.2. The number of H-pyrrole nitrogens is 1. The second-order valence-corrected chi connectivity index (χ2v) is 4.89. The summed E-state index contributed by atoms with van der Waals surface area (Å²) in [5, 5.41) is 3.27. The number of aromatic amines is 1. The first-order valence-electron chi connectivity index (χ1n) is 5.20. The molecule has 0 amide bonds. The molecule has 3 nitrogen and oxygen atoms in total. The van der Waals surface area contributed by atoms with Gasteiger partial charge < -0.3 is 10.3 Å². The number of imidazole rings is 1. The molecule has 0 fully saturated rings. The smallest absolute Gasteiger partial charge is 0.123 e. The fraction of sp³-hybridized carbons (Fsp3) is 0.250. The van der Waals surface area contributed by atoms with Crippen LogP contribution in [0, 0.1) is 3.57 Å². The molecule has 16 heavy (non-hydrogen) atoms. The predicted octanol–water partition coefficient (Wildman–Crippen LogP) is 2.52. The van der Waals surface area contributed by atoms with E-state index in [1.54, 1.807) is 6.20 Å². The van der Waals surface area contributed by atoms with E-state index in [9.17, 15) is 0 Å². The second-order valence-electron chi connectivity index (χ2n) is 3.65. The Bertz CT molecular complexity index is 422. The minimum absolute atomic E-state index is 0.245. The third-order valence-electron chi connectivity index (χ3n) is 2.55. The third-order valence-corrected chi connectivity index (χ3v) is 3.27. The summed E-state index contributed by atoms with van der Waals surface area (Å²) >= 11 is 2.32. The summed E-state index contributed by atoms with van der Waals surface area (Å²) in [4.78, 5) is 7.43. The van der Waals surface area contributed by atoms with Crippen LogP contribution in [0.5, 0.6) is 0 Å². The Labute approximate surface area is 109 Å². The van der Waals surface area contributed by atoms with Crippen molar-refractivity contribution in [2.24, 2.45) is 0 Å². The highest BCUT2D eigenvalue weighted by Crippen LogP contribution is 2.15. The van der Waals surface area contributed by atoms with Gasteiger partial charge in [0, 0.05) is 16.0 Å². The molecule has 0 aliphatic carbocycles. The molecule has 0 aliphatic heterocycles. The SMILES string of the molecule is CNC(Cc1ccc(I)cc1)c1ncc[nH]1. The number of benzene rings is 1. The normalized spacial score (nSPS) is 12.6. The van der Waals surface area contributed by atoms with Gasteiger partial charge in [0.1, 0.15) is 5.82 Å². The van der Waals surface area contributed by atoms with Gasteiger partial charge in [-0.15, -0.1) is 0 Å². The van der Waals surface area contributed by atoms with Crippen LogP contribution >= 0.6 is 22.6 Å². The van der Waals surface area contributed by atoms with Gasteiger partial charge in [0.05, 0.1) is 6.04 Å². The van der Waals surface area contributed by atoms with E-state index in [2.05, 4.69) is 62.1 Å². The Morgan fingerprint density at radius 3 is 2.69 bits per heavy atom. The van der Waals surface area contributed by atoms with Crippen molar-refractivity contribution in [2.75, 3.05) is 7.05 Å². The number of hydrogen-bond acceptors (Lipinski definition) is 2. The molecule has 0 bridgehead atoms. The highest BCUT2D eigenvalue weighted by molar-refractivity contribution is 14.1. The average molecular weight is 327 g/mol. The topological polar surface area (TPSA) is 40.7 Å². The first kappa shape index (κ1) is 11.6. The molecule has 1 aromatic carbocycles. The van der Waals surface area contributed by atoms with E-state index in [1.165, 1.54) is 9.13 Å². The largest absolute Gasteiger partial charge is 0.347 e. The highest BCUT2D eigenvalue weighted by atomic mass is 127. The molecule has 1 atom stereocenters. The third kappa shape index (κ3) is 2.82. The van der Waals surface area contributed by atoms with E-state index in [0.29, 0.717) is 0 Å². The lowest BCUT2D eigenvalue weighted by atomic mass is 10.1. The number of hydrogen-bond donors (Lipinski definition) is 2. The Kier molecular flexibility index (Phi) is 3.95. The van der Waals surface area contributed by atoms with Crippen LogP contribution in [0.3, 0.4) is 0 Å². The molecule has 2 rings (SSSR count). The van der Waals surface area contributed by atoms with E-state index in [0.717, 1.165) is 12.2 Å². The van der Waals surface area contributed by atoms with E-state index >= 15 is 0 Å². The van der Waals surface area contributed by atoms with Crippen molar-refractivity contribution in [3.05, 3.63) is 51.6 Å². The van der Waals surface area contributed by atoms with Gasteiger partial charge in [-0.05, 0) is 53.8 Å². The Morgan fingerprint density at radius 1 is 1.38 bits per heavy atom. The fourth-order valence-electron chi connectivity index (χ4n) is 1.66. The number of nitrogens with one attached hydrogen (secondary N) is 2. The van der Waals surface area contributed by atoms with Crippen LogP contribution < -0.4 is 5.32 Å². The van der Waals surface area contributed by atoms with E-state index in [-0.39, 0.29) is 6.04 Å². The van der Waals surface area contributed by atoms with Crippen molar-refractivity contribution in [2.45, 2.75) is 12.5 Å². The van der Waals surface area contributed by atoms with E-state index in [1.807, 2.05) is 13.2 Å². The van der Waals surface area contributed by atoms with Crippen LogP contribution in [0.25, 0.3) is 0 Å². The zero-order chi connectivity index (χ0) is 11.4. The fourth-order valence-corrected chi connectivity index (χ4v) is 2.02. The summed E-state index contributed by atoms with van der Waals surface area (Å²) in [5.74, 6) is 0.987. The maximum absolute atomic E-state index is 4.28. The van der Waals surface area contributed by atoms with Crippen molar-refractivity contribution in [3.63, 3.8) is 0 Å². The van der Waals surface area contributed by atoms with Crippen molar-refractivity contribution < 1.29 is 0 Å². The molecular formula is C12H14IN3. The van der Waals surface area contributed by atoms with Crippen molar-refractivity contribution in [3.8, 4) is 0 Å². The summed E-state index contributed by atoms with van der Waals surface area (Å²) in [6, 6.07) is 8.83. The molecule has 0 saturated carbocycles. The molecule has 2 N–H and O–H groups in total. The molecule has 4 heteroatoms. The van der Waals surface area contributed by atoms with Crippen LogP contribution in [-0.4, -0.2) is 17.0 Å². The van der Waals surface area contributed by atoms with Gasteiger partial charge in [-0.2, -0.15) is 0 Å². The van der Waals surface area contributed by atoms with Gasteiger partial charge in [-0.3, -0.25) is 0 Å². The number of rotatable bonds is 4. The lowest BCUT2D eigenvalue weighted by Crippen LogP contribution is -2.20. The lowest BCUT2D eigenvalue weighted by molar-refractivity contribution is 0.563. The van der Waals surface area contributed by atoms with Gasteiger partial charge in [-0.25, -0.2) is 4.98 Å². The maximum atomic E-state index is 4.28. The lowest BCUT2D eigenvalue weighted by Gasteiger charge is -2.13. The zero-order valence-electron chi connectivity index (χ0n) is 9.07. The standard InChI is InChI=1S/C12H14IN3/c1-14-11(12-15-6-7-16-12)8-9-2-4-10(13)5-3-9/h2-7,11,14H,8H2,1H3,(H,15,16). The number of nitrogens with zero attached hydrogens (tertiary/aromatic N) is 1. The molecule has 1 unspecified atom stereocenters. The molecule has 0 aliphatic rings. The molecule has 1 aromatic heterocycles. The summed E-state index contributed by atoms with van der Waals surface area (Å²) in [6.45, 7) is 0. The molecule has 0 spiro atoms. The van der Waals surface area contributed by atoms with Gasteiger partial charge in [0.25, 0.3) is 0 Å². The Morgan fingerprint density at radius 2 is 2.12 bits per heavy atom. The van der Waals surface area contributed by atoms with Crippen molar-refractivity contribution in [1.29, 1.82) is 0 Å². The molecule has 84 valence electrons. The minimum Gasteiger partial charge on any atom is -0.347 e. The average Bonchev–Trinajstić information content (AvgIpc) is 2.82. The number of aromatic nitrogens is 2. The number of halogens is 1. The van der Waals surface area contributed by atoms with Crippen LogP contribution in [0.4, 0.5) is 0 Å². The summed E-state index contributed by atoms with van der Waals surface area (Å²) in [7, 11) is 1.96. The quantitative estimate of drug-likeness (QED) is 0.848. The summed E-state index contributed by atoms with van der Waals surface area (Å²) in [6.07, 6.45) is 4.59. The number of likely N-dealkylation sites (N-methyl/N-ethyl adjacent to an activating group) is 1. The first-order valence-corrected chi connectivity index (χ1v) is 6.28. The van der Waals surface area contributed by atoms with E-state index < -0.39 is 0 Å². The maximum Gasteiger partial charge on any atom is 0.123 e. The molecule has 1 heterocycles. The van der Waals surface area contributed by atoms with Crippen molar-refractivity contribution in [1.82, 2.24) is 15.3 Å². The van der Waals surface area contributed by atoms with Crippen LogP contribution in [0.2, 0.25) is 0 Å². The van der Waals surface area contributed by atoms with Gasteiger partial charge in [0.15, 0.2) is 0 Å². The van der Waals surface area contributed by atoms with Gasteiger partial charge in [-0.1, -0.05) is 12.1 Å². The van der Waals surface area contributed by atoms with Crippen molar-refractivity contribution >= 4 is 22.6 Å². The van der Waals surface area contributed by atoms with Crippen LogP contribution in [0.15, 0.2) is 36.7 Å². The second kappa shape index (κ2) is 5.45. The van der Waals surface area contributed by atoms with Gasteiger partial charge in [0.2, 0.25) is 0 Å².